The molecule has 7 heteroatoms. The minimum Gasteiger partial charge on any atom is -0.459 e. The number of rotatable bonds is 4. The fraction of sp³-hybridized carbons (Fsp3) is 0.154. The van der Waals surface area contributed by atoms with Crippen LogP contribution in [0.4, 0.5) is 10.1 Å². The van der Waals surface area contributed by atoms with Crippen molar-refractivity contribution in [3.8, 4) is 11.3 Å². The molecular weight excluding hydrogens is 501 g/mol. The topological polar surface area (TPSA) is 41.3 Å². The highest BCUT2D eigenvalue weighted by Crippen LogP contribution is 2.43. The number of furan rings is 1. The molecule has 2 atom stereocenters. The molecule has 1 N–H and O–H groups in total. The quantitative estimate of drug-likeness (QED) is 0.291. The lowest BCUT2D eigenvalue weighted by molar-refractivity contribution is 0.439. The van der Waals surface area contributed by atoms with Gasteiger partial charge in [0.15, 0.2) is 5.11 Å². The number of pyridine rings is 1. The van der Waals surface area contributed by atoms with Gasteiger partial charge < -0.3 is 14.6 Å². The zero-order valence-corrected chi connectivity index (χ0v) is 20.5. The van der Waals surface area contributed by atoms with E-state index in [0.717, 1.165) is 33.8 Å². The van der Waals surface area contributed by atoms with Gasteiger partial charge >= 0.3 is 0 Å². The molecule has 0 bridgehead atoms. The smallest absolute Gasteiger partial charge is 0.174 e. The molecule has 1 aliphatic heterocycles. The van der Waals surface area contributed by atoms with Crippen LogP contribution in [0.1, 0.15) is 34.7 Å². The van der Waals surface area contributed by atoms with Crippen LogP contribution in [-0.2, 0) is 0 Å². The van der Waals surface area contributed by atoms with E-state index in [2.05, 4.69) is 63.2 Å². The van der Waals surface area contributed by atoms with Crippen LogP contribution in [-0.4, -0.2) is 10.1 Å². The molecule has 1 fully saturated rings. The molecule has 2 aromatic carbocycles. The molecule has 4 aromatic rings. The second-order valence-corrected chi connectivity index (χ2v) is 9.41. The molecule has 0 amide bonds. The average Bonchev–Trinajstić information content (AvgIpc) is 3.38. The van der Waals surface area contributed by atoms with Gasteiger partial charge in [-0.05, 0) is 108 Å². The van der Waals surface area contributed by atoms with E-state index in [9.17, 15) is 4.39 Å². The van der Waals surface area contributed by atoms with Crippen molar-refractivity contribution in [1.82, 2.24) is 10.3 Å². The summed E-state index contributed by atoms with van der Waals surface area (Å²) in [4.78, 5) is 6.68. The summed E-state index contributed by atoms with van der Waals surface area (Å²) >= 11 is 9.24. The van der Waals surface area contributed by atoms with Crippen molar-refractivity contribution in [3.05, 3.63) is 106 Å². The molecule has 0 radical (unpaired) electrons. The van der Waals surface area contributed by atoms with Crippen LogP contribution in [0.2, 0.25) is 0 Å². The summed E-state index contributed by atoms with van der Waals surface area (Å²) in [5, 5.41) is 4.06. The third kappa shape index (κ3) is 4.18. The van der Waals surface area contributed by atoms with E-state index in [4.69, 9.17) is 16.6 Å². The van der Waals surface area contributed by atoms with E-state index < -0.39 is 0 Å². The summed E-state index contributed by atoms with van der Waals surface area (Å²) in [6.45, 7) is 4.15. The fourth-order valence-corrected chi connectivity index (χ4v) is 5.25. The van der Waals surface area contributed by atoms with E-state index >= 15 is 0 Å². The number of aromatic nitrogens is 1. The second-order valence-electron chi connectivity index (χ2n) is 8.17. The highest BCUT2D eigenvalue weighted by Gasteiger charge is 2.42. The van der Waals surface area contributed by atoms with Gasteiger partial charge in [-0.25, -0.2) is 4.39 Å². The summed E-state index contributed by atoms with van der Waals surface area (Å²) < 4.78 is 20.6. The fourth-order valence-electron chi connectivity index (χ4n) is 4.36. The number of benzene rings is 2. The molecular formula is C26H21BrFN3OS. The zero-order chi connectivity index (χ0) is 23.1. The van der Waals surface area contributed by atoms with Gasteiger partial charge in [0.2, 0.25) is 0 Å². The number of halogens is 2. The van der Waals surface area contributed by atoms with Crippen molar-refractivity contribution in [1.29, 1.82) is 0 Å². The van der Waals surface area contributed by atoms with E-state index in [1.807, 2.05) is 30.3 Å². The van der Waals surface area contributed by atoms with Crippen LogP contribution in [0.5, 0.6) is 0 Å². The van der Waals surface area contributed by atoms with Crippen LogP contribution >= 0.6 is 28.1 Å². The van der Waals surface area contributed by atoms with Crippen LogP contribution in [0.3, 0.4) is 0 Å². The maximum absolute atomic E-state index is 13.6. The van der Waals surface area contributed by atoms with E-state index in [1.54, 1.807) is 12.3 Å². The molecule has 166 valence electrons. The molecule has 0 saturated carbocycles. The Bertz CT molecular complexity index is 1320. The summed E-state index contributed by atoms with van der Waals surface area (Å²) in [6.07, 6.45) is 1.78. The molecule has 2 aromatic heterocycles. The number of nitrogens with one attached hydrogen (secondary N) is 1. The Morgan fingerprint density at radius 2 is 1.82 bits per heavy atom. The van der Waals surface area contributed by atoms with Crippen molar-refractivity contribution >= 4 is 38.9 Å². The van der Waals surface area contributed by atoms with E-state index in [-0.39, 0.29) is 17.9 Å². The van der Waals surface area contributed by atoms with Gasteiger partial charge in [-0.15, -0.1) is 0 Å². The maximum atomic E-state index is 13.6. The van der Waals surface area contributed by atoms with Crippen molar-refractivity contribution < 1.29 is 8.81 Å². The first-order valence-corrected chi connectivity index (χ1v) is 11.7. The standard InChI is InChI=1S/C26H21BrFN3OS/c1-15-11-16(2)13-18(12-15)31-25(24(30-26(31)33)21-5-3-4-10-29-21)23-9-8-22(32-23)19-7-6-17(28)14-20(19)27/h3-14,24-25H,1-2H3,(H,30,33)/t24-,25+/m1/s1. The number of anilines is 1. The zero-order valence-electron chi connectivity index (χ0n) is 18.0. The molecule has 5 rings (SSSR count). The normalized spacial score (nSPS) is 17.9. The molecule has 0 unspecified atom stereocenters. The Hall–Kier alpha value is -3.03. The lowest BCUT2D eigenvalue weighted by Crippen LogP contribution is -2.29. The third-order valence-electron chi connectivity index (χ3n) is 5.70. The summed E-state index contributed by atoms with van der Waals surface area (Å²) in [6, 6.07) is 20.2. The van der Waals surface area contributed by atoms with Crippen molar-refractivity contribution in [2.45, 2.75) is 25.9 Å². The number of nitrogens with zero attached hydrogens (tertiary/aromatic N) is 2. The Kier molecular flexibility index (Phi) is 5.76. The van der Waals surface area contributed by atoms with Gasteiger partial charge in [0, 0.05) is 21.9 Å². The largest absolute Gasteiger partial charge is 0.459 e. The Morgan fingerprint density at radius 1 is 1.03 bits per heavy atom. The molecule has 1 saturated heterocycles. The lowest BCUT2D eigenvalue weighted by atomic mass is 10.0. The number of hydrogen-bond acceptors (Lipinski definition) is 3. The van der Waals surface area contributed by atoms with Gasteiger partial charge in [-0.1, -0.05) is 12.1 Å². The number of thiocarbonyl (C=S) groups is 1. The summed E-state index contributed by atoms with van der Waals surface area (Å²) in [7, 11) is 0. The Morgan fingerprint density at radius 3 is 2.52 bits per heavy atom. The first-order valence-electron chi connectivity index (χ1n) is 10.5. The van der Waals surface area contributed by atoms with Crippen molar-refractivity contribution in [3.63, 3.8) is 0 Å². The van der Waals surface area contributed by atoms with Gasteiger partial charge in [0.1, 0.15) is 23.4 Å². The molecule has 0 spiro atoms. The van der Waals surface area contributed by atoms with Gasteiger partial charge in [0.05, 0.1) is 11.7 Å². The molecule has 3 heterocycles. The predicted molar refractivity (Wildman–Crippen MR) is 136 cm³/mol. The first-order chi connectivity index (χ1) is 15.9. The number of aryl methyl sites for hydroxylation is 2. The summed E-state index contributed by atoms with van der Waals surface area (Å²) in [5.41, 5.74) is 4.96. The Labute approximate surface area is 205 Å². The van der Waals surface area contributed by atoms with Crippen molar-refractivity contribution in [2.75, 3.05) is 4.90 Å². The lowest BCUT2D eigenvalue weighted by Gasteiger charge is -2.26. The molecule has 33 heavy (non-hydrogen) atoms. The minimum absolute atomic E-state index is 0.199. The van der Waals surface area contributed by atoms with Crippen LogP contribution in [0.15, 0.2) is 81.8 Å². The molecule has 0 aliphatic carbocycles. The van der Waals surface area contributed by atoms with E-state index in [1.165, 1.54) is 12.1 Å². The predicted octanol–water partition coefficient (Wildman–Crippen LogP) is 7.04. The average molecular weight is 522 g/mol. The monoisotopic (exact) mass is 521 g/mol. The molecule has 4 nitrogen and oxygen atoms in total. The van der Waals surface area contributed by atoms with Gasteiger partial charge in [-0.2, -0.15) is 0 Å². The Balaban J connectivity index is 1.62. The second kappa shape index (κ2) is 8.72. The van der Waals surface area contributed by atoms with Crippen LogP contribution in [0.25, 0.3) is 11.3 Å². The van der Waals surface area contributed by atoms with Gasteiger partial charge in [-0.3, -0.25) is 4.98 Å². The van der Waals surface area contributed by atoms with Crippen LogP contribution in [0, 0.1) is 19.7 Å². The van der Waals surface area contributed by atoms with Gasteiger partial charge in [0.25, 0.3) is 0 Å². The highest BCUT2D eigenvalue weighted by atomic mass is 79.9. The molecule has 1 aliphatic rings. The van der Waals surface area contributed by atoms with Crippen LogP contribution < -0.4 is 10.2 Å². The number of hydrogen-bond donors (Lipinski definition) is 1. The van der Waals surface area contributed by atoms with E-state index in [0.29, 0.717) is 15.3 Å². The summed E-state index contributed by atoms with van der Waals surface area (Å²) in [5.74, 6) is 1.08. The van der Waals surface area contributed by atoms with Crippen molar-refractivity contribution in [2.24, 2.45) is 0 Å². The minimum atomic E-state index is -0.307. The SMILES string of the molecule is Cc1cc(C)cc(N2C(=S)N[C@H](c3ccccn3)[C@@H]2c2ccc(-c3ccc(F)cc3Br)o2)c1. The highest BCUT2D eigenvalue weighted by molar-refractivity contribution is 9.10. The third-order valence-corrected chi connectivity index (χ3v) is 6.67. The first kappa shape index (κ1) is 21.8. The maximum Gasteiger partial charge on any atom is 0.174 e.